The van der Waals surface area contributed by atoms with Crippen LogP contribution >= 0.6 is 11.6 Å². The third kappa shape index (κ3) is 1.49. The van der Waals surface area contributed by atoms with Crippen LogP contribution in [0.5, 0.6) is 0 Å². The Hall–Kier alpha value is -0.0100. The maximum Gasteiger partial charge on any atom is 0.0517 e. The Morgan fingerprint density at radius 2 is 2.12 bits per heavy atom. The fourth-order valence-corrected chi connectivity index (χ4v) is 1.02. The molecule has 2 heteroatoms. The van der Waals surface area contributed by atoms with Crippen LogP contribution in [-0.2, 0) is 0 Å². The second-order valence-corrected chi connectivity index (χ2v) is 2.70. The average Bonchev–Trinajstić information content (AvgIpc) is 1.77. The lowest BCUT2D eigenvalue weighted by atomic mass is 10.0. The second-order valence-electron chi connectivity index (χ2n) is 2.14. The van der Waals surface area contributed by atoms with Crippen molar-refractivity contribution in [1.29, 1.82) is 0 Å². The van der Waals surface area contributed by atoms with Crippen molar-refractivity contribution in [2.24, 2.45) is 5.73 Å². The highest BCUT2D eigenvalue weighted by Gasteiger charge is 2.08. The average molecular weight is 132 g/mol. The summed E-state index contributed by atoms with van der Waals surface area (Å²) in [7, 11) is 0. The lowest BCUT2D eigenvalue weighted by molar-refractivity contribution is 0.649. The SMILES string of the molecule is NC1C=CC(Cl)CC1. The summed E-state index contributed by atoms with van der Waals surface area (Å²) in [6.45, 7) is 0. The van der Waals surface area contributed by atoms with Gasteiger partial charge in [0.15, 0.2) is 0 Å². The van der Waals surface area contributed by atoms with E-state index in [0.717, 1.165) is 12.8 Å². The van der Waals surface area contributed by atoms with E-state index >= 15 is 0 Å². The molecule has 8 heavy (non-hydrogen) atoms. The van der Waals surface area contributed by atoms with Crippen LogP contribution in [-0.4, -0.2) is 11.4 Å². The van der Waals surface area contributed by atoms with Crippen molar-refractivity contribution < 1.29 is 0 Å². The summed E-state index contributed by atoms with van der Waals surface area (Å²) < 4.78 is 0. The lowest BCUT2D eigenvalue weighted by Gasteiger charge is -2.13. The fraction of sp³-hybridized carbons (Fsp3) is 0.667. The van der Waals surface area contributed by atoms with E-state index in [1.807, 2.05) is 12.2 Å². The molecule has 0 bridgehead atoms. The standard InChI is InChI=1S/C6H10ClN/c7-5-1-3-6(8)4-2-5/h1,3,5-6H,2,4,8H2. The third-order valence-corrected chi connectivity index (χ3v) is 1.71. The molecule has 46 valence electrons. The molecule has 0 fully saturated rings. The number of rotatable bonds is 0. The van der Waals surface area contributed by atoms with Gasteiger partial charge in [-0.05, 0) is 12.8 Å². The van der Waals surface area contributed by atoms with Crippen LogP contribution in [0.1, 0.15) is 12.8 Å². The van der Waals surface area contributed by atoms with Crippen LogP contribution in [0.2, 0.25) is 0 Å². The Balaban J connectivity index is 2.42. The van der Waals surface area contributed by atoms with E-state index in [9.17, 15) is 0 Å². The zero-order valence-corrected chi connectivity index (χ0v) is 5.43. The number of allylic oxidation sites excluding steroid dienone is 1. The largest absolute Gasteiger partial charge is 0.324 e. The molecular weight excluding hydrogens is 122 g/mol. The zero-order chi connectivity index (χ0) is 5.98. The van der Waals surface area contributed by atoms with Crippen LogP contribution in [0.15, 0.2) is 12.2 Å². The van der Waals surface area contributed by atoms with Crippen molar-refractivity contribution in [1.82, 2.24) is 0 Å². The van der Waals surface area contributed by atoms with E-state index in [2.05, 4.69) is 0 Å². The van der Waals surface area contributed by atoms with Crippen molar-refractivity contribution in [3.05, 3.63) is 12.2 Å². The molecule has 2 unspecified atom stereocenters. The third-order valence-electron chi connectivity index (χ3n) is 1.34. The van der Waals surface area contributed by atoms with Gasteiger partial charge in [-0.25, -0.2) is 0 Å². The van der Waals surface area contributed by atoms with Crippen LogP contribution in [0.4, 0.5) is 0 Å². The predicted molar refractivity (Wildman–Crippen MR) is 36.0 cm³/mol. The fourth-order valence-electron chi connectivity index (χ4n) is 0.807. The highest BCUT2D eigenvalue weighted by atomic mass is 35.5. The lowest BCUT2D eigenvalue weighted by Crippen LogP contribution is -2.21. The van der Waals surface area contributed by atoms with Gasteiger partial charge in [0, 0.05) is 6.04 Å². The van der Waals surface area contributed by atoms with Crippen LogP contribution in [0.25, 0.3) is 0 Å². The molecule has 0 saturated heterocycles. The number of hydrogen-bond acceptors (Lipinski definition) is 1. The number of alkyl halides is 1. The molecular formula is C6H10ClN. The highest BCUT2D eigenvalue weighted by Crippen LogP contribution is 2.14. The monoisotopic (exact) mass is 131 g/mol. The molecule has 2 atom stereocenters. The van der Waals surface area contributed by atoms with Gasteiger partial charge in [0.1, 0.15) is 0 Å². The molecule has 0 aliphatic heterocycles. The molecule has 0 aromatic carbocycles. The van der Waals surface area contributed by atoms with E-state index in [-0.39, 0.29) is 11.4 Å². The Morgan fingerprint density at radius 3 is 2.50 bits per heavy atom. The first-order valence-corrected chi connectivity index (χ1v) is 3.30. The zero-order valence-electron chi connectivity index (χ0n) is 4.68. The molecule has 0 amide bonds. The van der Waals surface area contributed by atoms with Crippen LogP contribution < -0.4 is 5.73 Å². The number of hydrogen-bond donors (Lipinski definition) is 1. The predicted octanol–water partition coefficient (Wildman–Crippen LogP) is 1.27. The van der Waals surface area contributed by atoms with Gasteiger partial charge in [0.05, 0.1) is 5.38 Å². The van der Waals surface area contributed by atoms with Gasteiger partial charge in [-0.1, -0.05) is 12.2 Å². The van der Waals surface area contributed by atoms with E-state index in [4.69, 9.17) is 17.3 Å². The first-order valence-electron chi connectivity index (χ1n) is 2.87. The minimum atomic E-state index is 0.231. The molecule has 1 aliphatic rings. The smallest absolute Gasteiger partial charge is 0.0517 e. The molecule has 1 aliphatic carbocycles. The maximum atomic E-state index is 5.74. The normalized spacial score (nSPS) is 37.8. The van der Waals surface area contributed by atoms with Crippen molar-refractivity contribution in [3.8, 4) is 0 Å². The molecule has 0 aromatic rings. The number of nitrogens with two attached hydrogens (primary N) is 1. The highest BCUT2D eigenvalue weighted by molar-refractivity contribution is 6.21. The molecule has 0 heterocycles. The van der Waals surface area contributed by atoms with Gasteiger partial charge in [0.25, 0.3) is 0 Å². The van der Waals surface area contributed by atoms with Crippen LogP contribution in [0, 0.1) is 0 Å². The van der Waals surface area contributed by atoms with Crippen LogP contribution in [0.3, 0.4) is 0 Å². The van der Waals surface area contributed by atoms with Crippen molar-refractivity contribution >= 4 is 11.6 Å². The summed E-state index contributed by atoms with van der Waals surface area (Å²) in [6.07, 6.45) is 6.00. The van der Waals surface area contributed by atoms with Gasteiger partial charge in [0.2, 0.25) is 0 Å². The summed E-state index contributed by atoms with van der Waals surface area (Å²) in [6, 6.07) is 0.255. The molecule has 0 spiro atoms. The summed E-state index contributed by atoms with van der Waals surface area (Å²) in [4.78, 5) is 0. The van der Waals surface area contributed by atoms with E-state index < -0.39 is 0 Å². The molecule has 0 aromatic heterocycles. The first-order chi connectivity index (χ1) is 3.79. The van der Waals surface area contributed by atoms with E-state index in [0.29, 0.717) is 0 Å². The topological polar surface area (TPSA) is 26.0 Å². The first kappa shape index (κ1) is 6.12. The Bertz CT molecular complexity index is 88.7. The molecule has 1 nitrogen and oxygen atoms in total. The minimum Gasteiger partial charge on any atom is -0.324 e. The van der Waals surface area contributed by atoms with Gasteiger partial charge in [-0.3, -0.25) is 0 Å². The summed E-state index contributed by atoms with van der Waals surface area (Å²) in [5.74, 6) is 0. The number of halogens is 1. The Morgan fingerprint density at radius 1 is 1.38 bits per heavy atom. The molecule has 1 rings (SSSR count). The van der Waals surface area contributed by atoms with Crippen molar-refractivity contribution in [2.45, 2.75) is 24.3 Å². The quantitative estimate of drug-likeness (QED) is 0.389. The molecule has 2 N–H and O–H groups in total. The molecule has 0 saturated carbocycles. The molecule has 0 radical (unpaired) electrons. The second kappa shape index (κ2) is 2.51. The van der Waals surface area contributed by atoms with Gasteiger partial charge < -0.3 is 5.73 Å². The van der Waals surface area contributed by atoms with Crippen molar-refractivity contribution in [2.75, 3.05) is 0 Å². The van der Waals surface area contributed by atoms with Gasteiger partial charge in [-0.2, -0.15) is 0 Å². The van der Waals surface area contributed by atoms with Gasteiger partial charge in [-0.15, -0.1) is 11.6 Å². The summed E-state index contributed by atoms with van der Waals surface area (Å²) in [5.41, 5.74) is 5.55. The van der Waals surface area contributed by atoms with Crippen molar-refractivity contribution in [3.63, 3.8) is 0 Å². The summed E-state index contributed by atoms with van der Waals surface area (Å²) in [5, 5.41) is 0.231. The van der Waals surface area contributed by atoms with Gasteiger partial charge >= 0.3 is 0 Å². The maximum absolute atomic E-state index is 5.74. The van der Waals surface area contributed by atoms with E-state index in [1.165, 1.54) is 0 Å². The summed E-state index contributed by atoms with van der Waals surface area (Å²) >= 11 is 5.74. The Kier molecular flexibility index (Phi) is 1.92. The Labute approximate surface area is 54.5 Å². The van der Waals surface area contributed by atoms with E-state index in [1.54, 1.807) is 0 Å². The minimum absolute atomic E-state index is 0.231.